The van der Waals surface area contributed by atoms with E-state index in [-0.39, 0.29) is 0 Å². The van der Waals surface area contributed by atoms with Crippen molar-refractivity contribution >= 4 is 0 Å². The second-order valence-electron chi connectivity index (χ2n) is 6.91. The number of rotatable bonds is 7. The summed E-state index contributed by atoms with van der Waals surface area (Å²) >= 11 is 0. The standard InChI is InChI=1S/C19H31NO/c1-5-14-21-17-12-8-7-10-15(17)18(20-6-2)16-11-9-13-19(16,3)4/h7-8,10,12,16,18,20H,5-6,9,11,13-14H2,1-4H3. The van der Waals surface area contributed by atoms with Gasteiger partial charge in [0.15, 0.2) is 0 Å². The maximum atomic E-state index is 6.00. The highest BCUT2D eigenvalue weighted by molar-refractivity contribution is 5.37. The fraction of sp³-hybridized carbons (Fsp3) is 0.684. The first-order valence-corrected chi connectivity index (χ1v) is 8.55. The minimum absolute atomic E-state index is 0.403. The van der Waals surface area contributed by atoms with E-state index in [0.717, 1.165) is 25.3 Å². The topological polar surface area (TPSA) is 21.3 Å². The Hall–Kier alpha value is -1.02. The molecule has 0 aliphatic heterocycles. The van der Waals surface area contributed by atoms with Crippen LogP contribution in [0.1, 0.15) is 65.0 Å². The average Bonchev–Trinajstić information content (AvgIpc) is 2.82. The Labute approximate surface area is 130 Å². The fourth-order valence-corrected chi connectivity index (χ4v) is 3.74. The monoisotopic (exact) mass is 289 g/mol. The Morgan fingerprint density at radius 1 is 1.29 bits per heavy atom. The summed E-state index contributed by atoms with van der Waals surface area (Å²) in [4.78, 5) is 0. The Bertz CT molecular complexity index is 441. The molecule has 1 N–H and O–H groups in total. The third-order valence-electron chi connectivity index (χ3n) is 4.88. The molecule has 0 bridgehead atoms. The first kappa shape index (κ1) is 16.4. The van der Waals surface area contributed by atoms with Crippen molar-refractivity contribution in [3.63, 3.8) is 0 Å². The zero-order chi connectivity index (χ0) is 15.3. The van der Waals surface area contributed by atoms with Gasteiger partial charge in [0.2, 0.25) is 0 Å². The van der Waals surface area contributed by atoms with Crippen LogP contribution in [0.25, 0.3) is 0 Å². The lowest BCUT2D eigenvalue weighted by Crippen LogP contribution is -2.34. The zero-order valence-corrected chi connectivity index (χ0v) is 14.1. The third kappa shape index (κ3) is 3.79. The molecule has 0 spiro atoms. The molecule has 1 fully saturated rings. The molecular formula is C19H31NO. The van der Waals surface area contributed by atoms with Crippen molar-refractivity contribution in [1.29, 1.82) is 0 Å². The molecule has 0 heterocycles. The zero-order valence-electron chi connectivity index (χ0n) is 14.1. The summed E-state index contributed by atoms with van der Waals surface area (Å²) in [6, 6.07) is 8.99. The molecule has 21 heavy (non-hydrogen) atoms. The van der Waals surface area contributed by atoms with Crippen LogP contribution in [0, 0.1) is 11.3 Å². The van der Waals surface area contributed by atoms with Crippen molar-refractivity contribution in [2.24, 2.45) is 11.3 Å². The predicted octanol–water partition coefficient (Wildman–Crippen LogP) is 4.95. The highest BCUT2D eigenvalue weighted by Crippen LogP contribution is 2.49. The normalized spacial score (nSPS) is 22.2. The molecule has 0 saturated heterocycles. The smallest absolute Gasteiger partial charge is 0.124 e. The maximum Gasteiger partial charge on any atom is 0.124 e. The Kier molecular flexibility index (Phi) is 5.69. The van der Waals surface area contributed by atoms with Crippen LogP contribution in [0.4, 0.5) is 0 Å². The SMILES string of the molecule is CCCOc1ccccc1C(NCC)C1CCCC1(C)C. The van der Waals surface area contributed by atoms with Gasteiger partial charge >= 0.3 is 0 Å². The van der Waals surface area contributed by atoms with E-state index in [1.54, 1.807) is 0 Å². The maximum absolute atomic E-state index is 6.00. The van der Waals surface area contributed by atoms with Crippen LogP contribution < -0.4 is 10.1 Å². The first-order valence-electron chi connectivity index (χ1n) is 8.55. The second kappa shape index (κ2) is 7.31. The van der Waals surface area contributed by atoms with Crippen LogP contribution in [-0.4, -0.2) is 13.2 Å². The summed E-state index contributed by atoms with van der Waals surface area (Å²) in [5, 5.41) is 3.73. The van der Waals surface area contributed by atoms with E-state index in [4.69, 9.17) is 4.74 Å². The molecule has 118 valence electrons. The highest BCUT2D eigenvalue weighted by Gasteiger charge is 2.40. The van der Waals surface area contributed by atoms with Crippen LogP contribution in [-0.2, 0) is 0 Å². The molecule has 0 amide bonds. The van der Waals surface area contributed by atoms with E-state index < -0.39 is 0 Å². The number of benzene rings is 1. The lowest BCUT2D eigenvalue weighted by atomic mass is 9.75. The van der Waals surface area contributed by atoms with Crippen molar-refractivity contribution in [2.45, 2.75) is 59.4 Å². The van der Waals surface area contributed by atoms with Crippen LogP contribution in [0.2, 0.25) is 0 Å². The van der Waals surface area contributed by atoms with E-state index in [1.165, 1.54) is 24.8 Å². The molecule has 2 atom stereocenters. The van der Waals surface area contributed by atoms with Crippen molar-refractivity contribution in [2.75, 3.05) is 13.2 Å². The molecule has 2 heteroatoms. The summed E-state index contributed by atoms with van der Waals surface area (Å²) < 4.78 is 6.00. The lowest BCUT2D eigenvalue weighted by molar-refractivity contribution is 0.194. The van der Waals surface area contributed by atoms with Gasteiger partial charge in [0.05, 0.1) is 6.61 Å². The van der Waals surface area contributed by atoms with Crippen molar-refractivity contribution in [1.82, 2.24) is 5.32 Å². The number of hydrogen-bond acceptors (Lipinski definition) is 2. The molecular weight excluding hydrogens is 258 g/mol. The average molecular weight is 289 g/mol. The molecule has 1 aliphatic carbocycles. The largest absolute Gasteiger partial charge is 0.493 e. The Balaban J connectivity index is 2.29. The number of nitrogens with one attached hydrogen (secondary N) is 1. The van der Waals surface area contributed by atoms with Gasteiger partial charge in [-0.25, -0.2) is 0 Å². The van der Waals surface area contributed by atoms with Crippen molar-refractivity contribution in [3.8, 4) is 5.75 Å². The van der Waals surface area contributed by atoms with Gasteiger partial charge in [0.25, 0.3) is 0 Å². The molecule has 1 aromatic rings. The molecule has 1 aliphatic rings. The van der Waals surface area contributed by atoms with E-state index in [9.17, 15) is 0 Å². The van der Waals surface area contributed by atoms with E-state index in [2.05, 4.69) is 57.3 Å². The van der Waals surface area contributed by atoms with Gasteiger partial charge in [-0.2, -0.15) is 0 Å². The minimum Gasteiger partial charge on any atom is -0.493 e. The minimum atomic E-state index is 0.403. The molecule has 1 saturated carbocycles. The number of ether oxygens (including phenoxy) is 1. The van der Waals surface area contributed by atoms with Gasteiger partial charge in [-0.1, -0.05) is 52.3 Å². The number of hydrogen-bond donors (Lipinski definition) is 1. The summed E-state index contributed by atoms with van der Waals surface area (Å²) in [7, 11) is 0. The predicted molar refractivity (Wildman–Crippen MR) is 89.8 cm³/mol. The molecule has 1 aromatic carbocycles. The van der Waals surface area contributed by atoms with Gasteiger partial charge in [-0.05, 0) is 43.2 Å². The lowest BCUT2D eigenvalue weighted by Gasteiger charge is -2.35. The van der Waals surface area contributed by atoms with Crippen LogP contribution in [0.15, 0.2) is 24.3 Å². The van der Waals surface area contributed by atoms with Gasteiger partial charge < -0.3 is 10.1 Å². The third-order valence-corrected chi connectivity index (χ3v) is 4.88. The van der Waals surface area contributed by atoms with E-state index >= 15 is 0 Å². The van der Waals surface area contributed by atoms with Gasteiger partial charge in [-0.3, -0.25) is 0 Å². The first-order chi connectivity index (χ1) is 10.1. The Morgan fingerprint density at radius 3 is 2.67 bits per heavy atom. The summed E-state index contributed by atoms with van der Waals surface area (Å²) in [5.74, 6) is 1.75. The highest BCUT2D eigenvalue weighted by atomic mass is 16.5. The van der Waals surface area contributed by atoms with Crippen molar-refractivity contribution in [3.05, 3.63) is 29.8 Å². The molecule has 0 aromatic heterocycles. The molecule has 2 nitrogen and oxygen atoms in total. The van der Waals surface area contributed by atoms with Gasteiger partial charge in [0.1, 0.15) is 5.75 Å². The van der Waals surface area contributed by atoms with E-state index in [0.29, 0.717) is 17.4 Å². The quantitative estimate of drug-likeness (QED) is 0.766. The van der Waals surface area contributed by atoms with Crippen LogP contribution in [0.5, 0.6) is 5.75 Å². The summed E-state index contributed by atoms with van der Waals surface area (Å²) in [6.45, 7) is 11.0. The number of para-hydroxylation sites is 1. The molecule has 2 rings (SSSR count). The summed E-state index contributed by atoms with van der Waals surface area (Å²) in [5.41, 5.74) is 1.75. The van der Waals surface area contributed by atoms with Crippen LogP contribution in [0.3, 0.4) is 0 Å². The van der Waals surface area contributed by atoms with Crippen LogP contribution >= 0.6 is 0 Å². The second-order valence-corrected chi connectivity index (χ2v) is 6.91. The van der Waals surface area contributed by atoms with E-state index in [1.807, 2.05) is 0 Å². The molecule has 2 unspecified atom stereocenters. The fourth-order valence-electron chi connectivity index (χ4n) is 3.74. The van der Waals surface area contributed by atoms with Crippen molar-refractivity contribution < 1.29 is 4.74 Å². The van der Waals surface area contributed by atoms with Gasteiger partial charge in [-0.15, -0.1) is 0 Å². The van der Waals surface area contributed by atoms with Gasteiger partial charge in [0, 0.05) is 11.6 Å². The molecule has 0 radical (unpaired) electrons. The Morgan fingerprint density at radius 2 is 2.05 bits per heavy atom. The summed E-state index contributed by atoms with van der Waals surface area (Å²) in [6.07, 6.45) is 5.04.